The summed E-state index contributed by atoms with van der Waals surface area (Å²) >= 11 is 0. The van der Waals surface area contributed by atoms with Crippen LogP contribution in [0, 0.1) is 5.92 Å². The van der Waals surface area contributed by atoms with Crippen LogP contribution in [0.3, 0.4) is 0 Å². The number of carbonyl (C=O) groups excluding carboxylic acids is 2. The van der Waals surface area contributed by atoms with Gasteiger partial charge in [-0.15, -0.1) is 0 Å². The molecule has 138 valence electrons. The number of amides is 2. The van der Waals surface area contributed by atoms with Crippen molar-refractivity contribution < 1.29 is 9.59 Å². The Labute approximate surface area is 156 Å². The summed E-state index contributed by atoms with van der Waals surface area (Å²) < 4.78 is 1.82. The molecule has 0 aliphatic heterocycles. The lowest BCUT2D eigenvalue weighted by Gasteiger charge is -2.09. The predicted molar refractivity (Wildman–Crippen MR) is 104 cm³/mol. The van der Waals surface area contributed by atoms with Crippen molar-refractivity contribution in [3.05, 3.63) is 48.3 Å². The lowest BCUT2D eigenvalue weighted by atomic mass is 10.2. The van der Waals surface area contributed by atoms with Gasteiger partial charge >= 0.3 is 0 Å². The zero-order valence-electron chi connectivity index (χ0n) is 15.3. The molecule has 1 aromatic carbocycles. The van der Waals surface area contributed by atoms with Crippen LogP contribution in [0.1, 0.15) is 43.1 Å². The van der Waals surface area contributed by atoms with E-state index in [-0.39, 0.29) is 23.8 Å². The third kappa shape index (κ3) is 3.67. The highest BCUT2D eigenvalue weighted by atomic mass is 16.2. The number of nitrogens with one attached hydrogen (secondary N) is 2. The monoisotopic (exact) mass is 363 g/mol. The third-order valence-corrected chi connectivity index (χ3v) is 4.52. The van der Waals surface area contributed by atoms with Crippen molar-refractivity contribution in [2.45, 2.75) is 32.7 Å². The lowest BCUT2D eigenvalue weighted by molar-refractivity contribution is -0.117. The highest BCUT2D eigenvalue weighted by molar-refractivity contribution is 6.06. The molecule has 1 fully saturated rings. The van der Waals surface area contributed by atoms with Crippen LogP contribution < -0.4 is 10.6 Å². The van der Waals surface area contributed by atoms with Gasteiger partial charge in [0.05, 0.1) is 11.8 Å². The molecule has 0 bridgehead atoms. The summed E-state index contributed by atoms with van der Waals surface area (Å²) in [6.07, 6.45) is 5.17. The number of nitrogens with zero attached hydrogens (tertiary/aromatic N) is 3. The molecular weight excluding hydrogens is 342 g/mol. The molecule has 27 heavy (non-hydrogen) atoms. The summed E-state index contributed by atoms with van der Waals surface area (Å²) in [4.78, 5) is 28.9. The first-order valence-electron chi connectivity index (χ1n) is 9.07. The van der Waals surface area contributed by atoms with E-state index in [2.05, 4.69) is 20.7 Å². The normalized spacial score (nSPS) is 13.7. The topological polar surface area (TPSA) is 88.9 Å². The van der Waals surface area contributed by atoms with Gasteiger partial charge in [0, 0.05) is 34.9 Å². The van der Waals surface area contributed by atoms with Crippen molar-refractivity contribution in [1.29, 1.82) is 0 Å². The van der Waals surface area contributed by atoms with E-state index in [1.165, 1.54) is 0 Å². The second-order valence-corrected chi connectivity index (χ2v) is 7.12. The van der Waals surface area contributed by atoms with Gasteiger partial charge in [-0.2, -0.15) is 5.10 Å². The zero-order valence-corrected chi connectivity index (χ0v) is 15.3. The van der Waals surface area contributed by atoms with Gasteiger partial charge in [0.25, 0.3) is 5.91 Å². The molecule has 0 unspecified atom stereocenters. The Kier molecular flexibility index (Phi) is 4.35. The smallest absolute Gasteiger partial charge is 0.257 e. The lowest BCUT2D eigenvalue weighted by Crippen LogP contribution is -2.15. The molecule has 1 aliphatic rings. The van der Waals surface area contributed by atoms with E-state index >= 15 is 0 Å². The molecule has 7 heteroatoms. The van der Waals surface area contributed by atoms with Crippen molar-refractivity contribution >= 4 is 34.2 Å². The van der Waals surface area contributed by atoms with Crippen LogP contribution >= 0.6 is 0 Å². The number of hydrogen-bond acceptors (Lipinski definition) is 4. The van der Waals surface area contributed by atoms with E-state index < -0.39 is 0 Å². The van der Waals surface area contributed by atoms with Gasteiger partial charge in [-0.1, -0.05) is 6.07 Å². The summed E-state index contributed by atoms with van der Waals surface area (Å²) in [6.45, 7) is 4.06. The van der Waals surface area contributed by atoms with Crippen molar-refractivity contribution in [3.63, 3.8) is 0 Å². The van der Waals surface area contributed by atoms with Gasteiger partial charge in [0.2, 0.25) is 5.91 Å². The second-order valence-electron chi connectivity index (χ2n) is 7.12. The fraction of sp³-hybridized carbons (Fsp3) is 0.300. The molecule has 2 N–H and O–H groups in total. The van der Waals surface area contributed by atoms with Crippen LogP contribution in [-0.4, -0.2) is 26.6 Å². The van der Waals surface area contributed by atoms with Crippen LogP contribution in [0.15, 0.2) is 42.7 Å². The first-order chi connectivity index (χ1) is 13.0. The van der Waals surface area contributed by atoms with Crippen LogP contribution in [0.25, 0.3) is 11.0 Å². The summed E-state index contributed by atoms with van der Waals surface area (Å²) in [7, 11) is 0. The minimum Gasteiger partial charge on any atom is -0.326 e. The maximum absolute atomic E-state index is 12.6. The SMILES string of the molecule is CC(C)n1ncc2cc(C(=O)Nc3cccc(NC(=O)C4CC4)c3)cnc21. The predicted octanol–water partition coefficient (Wildman–Crippen LogP) is 3.61. The number of hydrogen-bond donors (Lipinski definition) is 2. The van der Waals surface area contributed by atoms with E-state index in [9.17, 15) is 9.59 Å². The molecule has 3 aromatic rings. The van der Waals surface area contributed by atoms with E-state index in [1.807, 2.05) is 24.6 Å². The maximum atomic E-state index is 12.6. The Morgan fingerprint density at radius 1 is 1.11 bits per heavy atom. The van der Waals surface area contributed by atoms with Crippen molar-refractivity contribution in [3.8, 4) is 0 Å². The zero-order chi connectivity index (χ0) is 19.0. The number of rotatable bonds is 5. The quantitative estimate of drug-likeness (QED) is 0.725. The van der Waals surface area contributed by atoms with E-state index in [4.69, 9.17) is 0 Å². The van der Waals surface area contributed by atoms with Crippen molar-refractivity contribution in [1.82, 2.24) is 14.8 Å². The Morgan fingerprint density at radius 2 is 1.85 bits per heavy atom. The van der Waals surface area contributed by atoms with Gasteiger partial charge in [0.1, 0.15) is 0 Å². The molecule has 1 aliphatic carbocycles. The molecule has 2 amide bonds. The van der Waals surface area contributed by atoms with Gasteiger partial charge < -0.3 is 10.6 Å². The molecule has 2 heterocycles. The first kappa shape index (κ1) is 17.2. The Balaban J connectivity index is 1.50. The van der Waals surface area contributed by atoms with Crippen LogP contribution in [-0.2, 0) is 4.79 Å². The second kappa shape index (κ2) is 6.83. The number of anilines is 2. The van der Waals surface area contributed by atoms with Gasteiger partial charge in [0.15, 0.2) is 5.65 Å². The molecule has 7 nitrogen and oxygen atoms in total. The highest BCUT2D eigenvalue weighted by Gasteiger charge is 2.29. The van der Waals surface area contributed by atoms with Gasteiger partial charge in [-0.3, -0.25) is 9.59 Å². The number of fused-ring (bicyclic) bond motifs is 1. The molecular formula is C20H21N5O2. The van der Waals surface area contributed by atoms with E-state index in [0.29, 0.717) is 16.9 Å². The largest absolute Gasteiger partial charge is 0.326 e. The van der Waals surface area contributed by atoms with Gasteiger partial charge in [-0.05, 0) is 51.0 Å². The Bertz CT molecular complexity index is 1020. The van der Waals surface area contributed by atoms with Crippen LogP contribution in [0.4, 0.5) is 11.4 Å². The average molecular weight is 363 g/mol. The standard InChI is InChI=1S/C20H21N5O2/c1-12(2)25-18-14(11-22-25)8-15(10-21-18)20(27)24-17-5-3-4-16(9-17)23-19(26)13-6-7-13/h3-5,8-13H,6-7H2,1-2H3,(H,23,26)(H,24,27). The summed E-state index contributed by atoms with van der Waals surface area (Å²) in [5, 5.41) is 10.9. The Morgan fingerprint density at radius 3 is 2.56 bits per heavy atom. The maximum Gasteiger partial charge on any atom is 0.257 e. The third-order valence-electron chi connectivity index (χ3n) is 4.52. The first-order valence-corrected chi connectivity index (χ1v) is 9.07. The fourth-order valence-electron chi connectivity index (χ4n) is 2.91. The average Bonchev–Trinajstić information content (AvgIpc) is 3.40. The Hall–Kier alpha value is -3.22. The molecule has 0 saturated heterocycles. The number of benzene rings is 1. The minimum atomic E-state index is -0.257. The molecule has 0 radical (unpaired) electrons. The number of aromatic nitrogens is 3. The number of pyridine rings is 1. The fourth-order valence-corrected chi connectivity index (χ4v) is 2.91. The van der Waals surface area contributed by atoms with E-state index in [1.54, 1.807) is 36.7 Å². The van der Waals surface area contributed by atoms with Gasteiger partial charge in [-0.25, -0.2) is 9.67 Å². The molecule has 0 atom stereocenters. The van der Waals surface area contributed by atoms with Crippen LogP contribution in [0.2, 0.25) is 0 Å². The highest BCUT2D eigenvalue weighted by Crippen LogP contribution is 2.30. The minimum absolute atomic E-state index is 0.0373. The molecule has 4 rings (SSSR count). The van der Waals surface area contributed by atoms with Crippen molar-refractivity contribution in [2.75, 3.05) is 10.6 Å². The van der Waals surface area contributed by atoms with Crippen molar-refractivity contribution in [2.24, 2.45) is 5.92 Å². The molecule has 0 spiro atoms. The molecule has 1 saturated carbocycles. The molecule has 2 aromatic heterocycles. The summed E-state index contributed by atoms with van der Waals surface area (Å²) in [5.74, 6) is -0.0875. The van der Waals surface area contributed by atoms with E-state index in [0.717, 1.165) is 23.9 Å². The number of carbonyl (C=O) groups is 2. The van der Waals surface area contributed by atoms with Crippen LogP contribution in [0.5, 0.6) is 0 Å². The summed E-state index contributed by atoms with van der Waals surface area (Å²) in [5.41, 5.74) is 2.51. The summed E-state index contributed by atoms with van der Waals surface area (Å²) in [6, 6.07) is 9.12.